The lowest BCUT2D eigenvalue weighted by atomic mass is 9.99. The average Bonchev–Trinajstić information content (AvgIpc) is 2.68. The summed E-state index contributed by atoms with van der Waals surface area (Å²) in [6, 6.07) is 4.33. The summed E-state index contributed by atoms with van der Waals surface area (Å²) in [5, 5.41) is 0. The van der Waals surface area contributed by atoms with Crippen molar-refractivity contribution in [3.8, 4) is 0 Å². The highest BCUT2D eigenvalue weighted by Crippen LogP contribution is 2.25. The highest BCUT2D eigenvalue weighted by molar-refractivity contribution is 5.99. The lowest BCUT2D eigenvalue weighted by Gasteiger charge is -2.44. The van der Waals surface area contributed by atoms with E-state index in [9.17, 15) is 4.79 Å². The maximum atomic E-state index is 13.1. The van der Waals surface area contributed by atoms with Crippen molar-refractivity contribution in [2.24, 2.45) is 0 Å². The first kappa shape index (κ1) is 15.8. The number of aromatic nitrogens is 1. The standard InChI is InChI=1S/C18H26N4O2/c23-18(22-9-8-20-7-2-1-4-15(20)14-22)16-5-3-6-19-17(16)21-10-12-24-13-11-21/h3,5-6,15H,1-2,4,7-14H2/t15-/m0/s1. The third kappa shape index (κ3) is 3.13. The van der Waals surface area contributed by atoms with E-state index in [0.717, 1.165) is 44.1 Å². The predicted molar refractivity (Wildman–Crippen MR) is 92.4 cm³/mol. The smallest absolute Gasteiger partial charge is 0.257 e. The number of ether oxygens (including phenoxy) is 1. The Bertz CT molecular complexity index is 588. The van der Waals surface area contributed by atoms with Gasteiger partial charge in [0, 0.05) is 45.0 Å². The molecule has 0 N–H and O–H groups in total. The van der Waals surface area contributed by atoms with E-state index in [0.29, 0.717) is 19.3 Å². The molecule has 0 aromatic carbocycles. The molecular weight excluding hydrogens is 304 g/mol. The highest BCUT2D eigenvalue weighted by Gasteiger charge is 2.32. The van der Waals surface area contributed by atoms with E-state index in [4.69, 9.17) is 4.74 Å². The molecule has 1 amide bonds. The van der Waals surface area contributed by atoms with Crippen LogP contribution in [0, 0.1) is 0 Å². The quantitative estimate of drug-likeness (QED) is 0.816. The number of hydrogen-bond acceptors (Lipinski definition) is 5. The van der Waals surface area contributed by atoms with Gasteiger partial charge in [-0.2, -0.15) is 0 Å². The largest absolute Gasteiger partial charge is 0.378 e. The van der Waals surface area contributed by atoms with E-state index in [2.05, 4.69) is 14.8 Å². The molecule has 0 saturated carbocycles. The number of pyridine rings is 1. The molecule has 6 heteroatoms. The van der Waals surface area contributed by atoms with Gasteiger partial charge in [-0.25, -0.2) is 4.98 Å². The van der Waals surface area contributed by atoms with Gasteiger partial charge >= 0.3 is 0 Å². The van der Waals surface area contributed by atoms with Gasteiger partial charge in [-0.1, -0.05) is 6.42 Å². The number of fused-ring (bicyclic) bond motifs is 1. The first-order chi connectivity index (χ1) is 11.8. The molecule has 1 atom stereocenters. The van der Waals surface area contributed by atoms with Crippen molar-refractivity contribution in [2.75, 3.05) is 57.4 Å². The topological polar surface area (TPSA) is 48.9 Å². The van der Waals surface area contributed by atoms with E-state index in [1.54, 1.807) is 6.20 Å². The first-order valence-electron chi connectivity index (χ1n) is 9.14. The van der Waals surface area contributed by atoms with Crippen LogP contribution in [0.1, 0.15) is 29.6 Å². The van der Waals surface area contributed by atoms with Crippen molar-refractivity contribution in [3.63, 3.8) is 0 Å². The van der Waals surface area contributed by atoms with Gasteiger partial charge in [0.05, 0.1) is 18.8 Å². The average molecular weight is 330 g/mol. The van der Waals surface area contributed by atoms with Crippen LogP contribution >= 0.6 is 0 Å². The van der Waals surface area contributed by atoms with Crippen LogP contribution < -0.4 is 4.90 Å². The zero-order chi connectivity index (χ0) is 16.4. The molecule has 3 aliphatic heterocycles. The fourth-order valence-electron chi connectivity index (χ4n) is 4.10. The number of amides is 1. The number of piperazine rings is 1. The Morgan fingerprint density at radius 2 is 2.00 bits per heavy atom. The van der Waals surface area contributed by atoms with Crippen LogP contribution in [-0.2, 0) is 4.74 Å². The molecule has 0 spiro atoms. The molecule has 6 nitrogen and oxygen atoms in total. The van der Waals surface area contributed by atoms with Gasteiger partial charge in [0.2, 0.25) is 0 Å². The highest BCUT2D eigenvalue weighted by atomic mass is 16.5. The minimum absolute atomic E-state index is 0.134. The van der Waals surface area contributed by atoms with Gasteiger partial charge in [0.15, 0.2) is 0 Å². The molecule has 0 aliphatic carbocycles. The van der Waals surface area contributed by atoms with Crippen molar-refractivity contribution in [1.82, 2.24) is 14.8 Å². The summed E-state index contributed by atoms with van der Waals surface area (Å²) >= 11 is 0. The number of carbonyl (C=O) groups excluding carboxylic acids is 1. The fourth-order valence-corrected chi connectivity index (χ4v) is 4.10. The summed E-state index contributed by atoms with van der Waals surface area (Å²) in [6.45, 7) is 6.88. The van der Waals surface area contributed by atoms with E-state index in [1.165, 1.54) is 25.8 Å². The summed E-state index contributed by atoms with van der Waals surface area (Å²) < 4.78 is 5.43. The third-order valence-corrected chi connectivity index (χ3v) is 5.45. The number of rotatable bonds is 2. The first-order valence-corrected chi connectivity index (χ1v) is 9.14. The lowest BCUT2D eigenvalue weighted by Crippen LogP contribution is -2.56. The molecule has 3 saturated heterocycles. The minimum atomic E-state index is 0.134. The third-order valence-electron chi connectivity index (χ3n) is 5.45. The molecule has 0 bridgehead atoms. The van der Waals surface area contributed by atoms with Gasteiger partial charge in [-0.15, -0.1) is 0 Å². The predicted octanol–water partition coefficient (Wildman–Crippen LogP) is 1.23. The molecule has 24 heavy (non-hydrogen) atoms. The van der Waals surface area contributed by atoms with E-state index >= 15 is 0 Å². The molecule has 3 aliphatic rings. The second-order valence-corrected chi connectivity index (χ2v) is 6.91. The van der Waals surface area contributed by atoms with E-state index < -0.39 is 0 Å². The van der Waals surface area contributed by atoms with Crippen LogP contribution in [0.3, 0.4) is 0 Å². The maximum absolute atomic E-state index is 13.1. The van der Waals surface area contributed by atoms with Crippen LogP contribution in [0.5, 0.6) is 0 Å². The number of hydrogen-bond donors (Lipinski definition) is 0. The monoisotopic (exact) mass is 330 g/mol. The molecule has 4 heterocycles. The fraction of sp³-hybridized carbons (Fsp3) is 0.667. The van der Waals surface area contributed by atoms with E-state index in [1.807, 2.05) is 17.0 Å². The maximum Gasteiger partial charge on any atom is 0.257 e. The number of anilines is 1. The van der Waals surface area contributed by atoms with Gasteiger partial charge in [0.25, 0.3) is 5.91 Å². The van der Waals surface area contributed by atoms with Crippen LogP contribution in [0.15, 0.2) is 18.3 Å². The minimum Gasteiger partial charge on any atom is -0.378 e. The van der Waals surface area contributed by atoms with Crippen LogP contribution in [0.2, 0.25) is 0 Å². The van der Waals surface area contributed by atoms with Gasteiger partial charge in [-0.05, 0) is 31.5 Å². The number of carbonyl (C=O) groups is 1. The van der Waals surface area contributed by atoms with Crippen LogP contribution in [0.4, 0.5) is 5.82 Å². The van der Waals surface area contributed by atoms with Gasteiger partial charge in [0.1, 0.15) is 5.82 Å². The Morgan fingerprint density at radius 1 is 1.12 bits per heavy atom. The molecule has 0 unspecified atom stereocenters. The summed E-state index contributed by atoms with van der Waals surface area (Å²) in [5.41, 5.74) is 0.739. The zero-order valence-corrected chi connectivity index (χ0v) is 14.2. The molecule has 1 aromatic heterocycles. The number of morpholine rings is 1. The van der Waals surface area contributed by atoms with Crippen molar-refractivity contribution < 1.29 is 9.53 Å². The van der Waals surface area contributed by atoms with Crippen molar-refractivity contribution in [2.45, 2.75) is 25.3 Å². The van der Waals surface area contributed by atoms with Crippen LogP contribution in [0.25, 0.3) is 0 Å². The zero-order valence-electron chi connectivity index (χ0n) is 14.2. The number of nitrogens with zero attached hydrogens (tertiary/aromatic N) is 4. The summed E-state index contributed by atoms with van der Waals surface area (Å²) in [5.74, 6) is 0.951. The Kier molecular flexibility index (Phi) is 4.67. The Labute approximate surface area is 143 Å². The molecule has 1 aromatic rings. The van der Waals surface area contributed by atoms with Crippen molar-refractivity contribution in [1.29, 1.82) is 0 Å². The molecular formula is C18H26N4O2. The van der Waals surface area contributed by atoms with Gasteiger partial charge in [-0.3, -0.25) is 9.69 Å². The summed E-state index contributed by atoms with van der Waals surface area (Å²) in [6.07, 6.45) is 5.58. The SMILES string of the molecule is O=C(c1cccnc1N1CCOCC1)N1CCN2CCCC[C@H]2C1. The lowest BCUT2D eigenvalue weighted by molar-refractivity contribution is 0.0372. The Balaban J connectivity index is 1.52. The second-order valence-electron chi connectivity index (χ2n) is 6.91. The van der Waals surface area contributed by atoms with E-state index in [-0.39, 0.29) is 5.91 Å². The van der Waals surface area contributed by atoms with Crippen molar-refractivity contribution in [3.05, 3.63) is 23.9 Å². The Hall–Kier alpha value is -1.66. The van der Waals surface area contributed by atoms with Crippen LogP contribution in [-0.4, -0.2) is 79.2 Å². The van der Waals surface area contributed by atoms with Gasteiger partial charge < -0.3 is 14.5 Å². The normalized spacial score (nSPS) is 25.4. The number of piperidine rings is 1. The summed E-state index contributed by atoms with van der Waals surface area (Å²) in [7, 11) is 0. The molecule has 4 rings (SSSR count). The molecule has 0 radical (unpaired) electrons. The Morgan fingerprint density at radius 3 is 2.88 bits per heavy atom. The summed E-state index contributed by atoms with van der Waals surface area (Å²) in [4.78, 5) is 24.4. The van der Waals surface area contributed by atoms with Crippen molar-refractivity contribution >= 4 is 11.7 Å². The molecule has 3 fully saturated rings. The molecule has 130 valence electrons. The second kappa shape index (κ2) is 7.07.